The lowest BCUT2D eigenvalue weighted by Gasteiger charge is -2.31. The molecular formula is C29H27Cl2N3O5S2. The van der Waals surface area contributed by atoms with Crippen LogP contribution in [0.3, 0.4) is 0 Å². The number of carbonyl (C=O) groups is 1. The molecule has 0 aromatic heterocycles. The molecule has 1 amide bonds. The van der Waals surface area contributed by atoms with Crippen molar-refractivity contribution in [2.45, 2.75) is 23.5 Å². The van der Waals surface area contributed by atoms with Gasteiger partial charge in [-0.3, -0.25) is 9.52 Å². The Morgan fingerprint density at radius 3 is 2.24 bits per heavy atom. The maximum Gasteiger partial charge on any atom is 0.261 e. The number of benzene rings is 4. The van der Waals surface area contributed by atoms with Crippen LogP contribution in [0.1, 0.15) is 18.4 Å². The van der Waals surface area contributed by atoms with E-state index in [1.54, 1.807) is 30.3 Å². The molecule has 41 heavy (non-hydrogen) atoms. The summed E-state index contributed by atoms with van der Waals surface area (Å²) in [6.07, 6.45) is 1.04. The Bertz CT molecular complexity index is 1790. The number of hydrogen-bond donors (Lipinski definition) is 2. The first-order valence-corrected chi connectivity index (χ1v) is 16.7. The van der Waals surface area contributed by atoms with Gasteiger partial charge in [-0.15, -0.1) is 0 Å². The van der Waals surface area contributed by atoms with Crippen LogP contribution < -0.4 is 10.0 Å². The van der Waals surface area contributed by atoms with Crippen LogP contribution in [0.15, 0.2) is 89.8 Å². The SMILES string of the molecule is O=C(Nc1ccc(S(=O)(=O)Nc2cccc3ccccc23)cc1)[C@@H]1CCCN(S(=O)(=O)Cc2c(Cl)cccc2Cl)C1. The molecular weight excluding hydrogens is 605 g/mol. The quantitative estimate of drug-likeness (QED) is 0.243. The normalized spacial score (nSPS) is 16.4. The van der Waals surface area contributed by atoms with Crippen molar-refractivity contribution < 1.29 is 21.6 Å². The van der Waals surface area contributed by atoms with Crippen molar-refractivity contribution in [3.05, 3.63) is 101 Å². The molecule has 8 nitrogen and oxygen atoms in total. The summed E-state index contributed by atoms with van der Waals surface area (Å²) in [6, 6.07) is 23.5. The molecule has 0 radical (unpaired) electrons. The van der Waals surface area contributed by atoms with Gasteiger partial charge in [-0.25, -0.2) is 21.1 Å². The Morgan fingerprint density at radius 1 is 0.854 bits per heavy atom. The highest BCUT2D eigenvalue weighted by Crippen LogP contribution is 2.30. The third-order valence-electron chi connectivity index (χ3n) is 7.00. The minimum Gasteiger partial charge on any atom is -0.326 e. The van der Waals surface area contributed by atoms with Crippen LogP contribution in [0.25, 0.3) is 10.8 Å². The number of hydrogen-bond acceptors (Lipinski definition) is 5. The largest absolute Gasteiger partial charge is 0.326 e. The summed E-state index contributed by atoms with van der Waals surface area (Å²) in [4.78, 5) is 13.1. The van der Waals surface area contributed by atoms with Crippen LogP contribution in [0.4, 0.5) is 11.4 Å². The third-order valence-corrected chi connectivity index (χ3v) is 10.9. The van der Waals surface area contributed by atoms with E-state index in [9.17, 15) is 21.6 Å². The maximum atomic E-state index is 13.1. The van der Waals surface area contributed by atoms with Crippen molar-refractivity contribution >= 4 is 71.3 Å². The fraction of sp³-hybridized carbons (Fsp3) is 0.207. The smallest absolute Gasteiger partial charge is 0.261 e. The van der Waals surface area contributed by atoms with Crippen molar-refractivity contribution in [1.29, 1.82) is 0 Å². The zero-order chi connectivity index (χ0) is 29.2. The maximum absolute atomic E-state index is 13.1. The summed E-state index contributed by atoms with van der Waals surface area (Å²) < 4.78 is 56.3. The first-order valence-electron chi connectivity index (χ1n) is 12.9. The molecule has 4 aromatic carbocycles. The molecule has 5 rings (SSSR count). The van der Waals surface area contributed by atoms with E-state index < -0.39 is 26.0 Å². The highest BCUT2D eigenvalue weighted by Gasteiger charge is 2.33. The van der Waals surface area contributed by atoms with Crippen LogP contribution in [0.2, 0.25) is 10.0 Å². The van der Waals surface area contributed by atoms with E-state index in [1.807, 2.05) is 30.3 Å². The van der Waals surface area contributed by atoms with E-state index >= 15 is 0 Å². The Kier molecular flexibility index (Phi) is 8.58. The van der Waals surface area contributed by atoms with Gasteiger partial charge in [0.2, 0.25) is 15.9 Å². The first-order chi connectivity index (χ1) is 19.5. The topological polar surface area (TPSA) is 113 Å². The number of sulfonamides is 2. The summed E-state index contributed by atoms with van der Waals surface area (Å²) in [5.74, 6) is -1.27. The van der Waals surface area contributed by atoms with Gasteiger partial charge in [-0.05, 0) is 60.7 Å². The molecule has 0 spiro atoms. The lowest BCUT2D eigenvalue weighted by atomic mass is 9.99. The molecule has 0 aliphatic carbocycles. The summed E-state index contributed by atoms with van der Waals surface area (Å²) in [5.41, 5.74) is 1.20. The number of rotatable bonds is 8. The second-order valence-corrected chi connectivity index (χ2v) is 14.3. The molecule has 1 atom stereocenters. The molecule has 0 unspecified atom stereocenters. The van der Waals surface area contributed by atoms with Gasteiger partial charge in [0.05, 0.1) is 22.3 Å². The number of halogens is 2. The van der Waals surface area contributed by atoms with Crippen molar-refractivity contribution in [2.75, 3.05) is 23.1 Å². The minimum absolute atomic E-state index is 0.0254. The van der Waals surface area contributed by atoms with Gasteiger partial charge in [0.25, 0.3) is 10.0 Å². The number of nitrogens with zero attached hydrogens (tertiary/aromatic N) is 1. The number of nitrogens with one attached hydrogen (secondary N) is 2. The van der Waals surface area contributed by atoms with E-state index in [4.69, 9.17) is 23.2 Å². The van der Waals surface area contributed by atoms with Gasteiger partial charge in [0.1, 0.15) is 0 Å². The Morgan fingerprint density at radius 2 is 1.51 bits per heavy atom. The molecule has 1 aliphatic heterocycles. The van der Waals surface area contributed by atoms with Crippen LogP contribution in [-0.4, -0.2) is 40.1 Å². The minimum atomic E-state index is -3.88. The molecule has 1 aliphatic rings. The van der Waals surface area contributed by atoms with E-state index in [2.05, 4.69) is 10.0 Å². The Labute approximate surface area is 249 Å². The highest BCUT2D eigenvalue weighted by atomic mass is 35.5. The molecule has 2 N–H and O–H groups in total. The molecule has 12 heteroatoms. The summed E-state index contributed by atoms with van der Waals surface area (Å²) >= 11 is 12.3. The third kappa shape index (κ3) is 6.68. The van der Waals surface area contributed by atoms with E-state index in [1.165, 1.54) is 28.6 Å². The summed E-state index contributed by atoms with van der Waals surface area (Å²) in [6.45, 7) is 0.322. The average molecular weight is 633 g/mol. The molecule has 1 fully saturated rings. The summed E-state index contributed by atoms with van der Waals surface area (Å²) in [7, 11) is -7.65. The molecule has 4 aromatic rings. The van der Waals surface area contributed by atoms with Crippen molar-refractivity contribution in [1.82, 2.24) is 4.31 Å². The molecule has 0 bridgehead atoms. The average Bonchev–Trinajstić information content (AvgIpc) is 2.95. The standard InChI is InChI=1S/C29H27Cl2N3O5S2/c30-26-10-4-11-27(31)25(26)19-40(36,37)34-17-5-8-21(18-34)29(35)32-22-13-15-23(16-14-22)41(38,39)33-28-12-3-7-20-6-1-2-9-24(20)28/h1-4,6-7,9-16,21,33H,5,8,17-19H2,(H,32,35)/t21-/m1/s1. The Hall–Kier alpha value is -3.15. The monoisotopic (exact) mass is 631 g/mol. The van der Waals surface area contributed by atoms with Crippen molar-refractivity contribution in [3.63, 3.8) is 0 Å². The second kappa shape index (κ2) is 12.0. The second-order valence-electron chi connectivity index (χ2n) is 9.80. The predicted molar refractivity (Wildman–Crippen MR) is 163 cm³/mol. The number of amides is 1. The van der Waals surface area contributed by atoms with E-state index in [0.717, 1.165) is 10.8 Å². The molecule has 214 valence electrons. The van der Waals surface area contributed by atoms with Gasteiger partial charge in [0, 0.05) is 39.8 Å². The zero-order valence-electron chi connectivity index (χ0n) is 21.8. The van der Waals surface area contributed by atoms with E-state index in [0.29, 0.717) is 36.3 Å². The number of fused-ring (bicyclic) bond motifs is 1. The molecule has 1 saturated heterocycles. The van der Waals surface area contributed by atoms with Gasteiger partial charge in [0.15, 0.2) is 0 Å². The Balaban J connectivity index is 1.24. The van der Waals surface area contributed by atoms with Crippen LogP contribution in [-0.2, 0) is 30.6 Å². The number of carbonyl (C=O) groups excluding carboxylic acids is 1. The fourth-order valence-electron chi connectivity index (χ4n) is 4.83. The van der Waals surface area contributed by atoms with Crippen LogP contribution >= 0.6 is 23.2 Å². The molecule has 0 saturated carbocycles. The lowest BCUT2D eigenvalue weighted by molar-refractivity contribution is -0.120. The van der Waals surface area contributed by atoms with Crippen molar-refractivity contribution in [3.8, 4) is 0 Å². The zero-order valence-corrected chi connectivity index (χ0v) is 24.9. The van der Waals surface area contributed by atoms with Gasteiger partial charge < -0.3 is 5.32 Å². The number of piperidine rings is 1. The van der Waals surface area contributed by atoms with Crippen molar-refractivity contribution in [2.24, 2.45) is 5.92 Å². The number of anilines is 2. The van der Waals surface area contributed by atoms with Crippen LogP contribution in [0, 0.1) is 5.92 Å². The highest BCUT2D eigenvalue weighted by molar-refractivity contribution is 7.92. The van der Waals surface area contributed by atoms with E-state index in [-0.39, 0.29) is 33.1 Å². The fourth-order valence-corrected chi connectivity index (χ4v) is 8.27. The summed E-state index contributed by atoms with van der Waals surface area (Å²) in [5, 5.41) is 5.01. The van der Waals surface area contributed by atoms with Gasteiger partial charge >= 0.3 is 0 Å². The first kappa shape index (κ1) is 29.3. The molecule has 1 heterocycles. The van der Waals surface area contributed by atoms with Crippen LogP contribution in [0.5, 0.6) is 0 Å². The lowest BCUT2D eigenvalue weighted by Crippen LogP contribution is -2.44. The predicted octanol–water partition coefficient (Wildman–Crippen LogP) is 6.13. The van der Waals surface area contributed by atoms with Gasteiger partial charge in [-0.1, -0.05) is 65.7 Å². The van der Waals surface area contributed by atoms with Gasteiger partial charge in [-0.2, -0.15) is 0 Å².